The first-order valence-corrected chi connectivity index (χ1v) is 12.0. The fourth-order valence-electron chi connectivity index (χ4n) is 4.02. The first-order chi connectivity index (χ1) is 17.1. The van der Waals surface area contributed by atoms with Crippen molar-refractivity contribution in [2.45, 2.75) is 6.42 Å². The van der Waals surface area contributed by atoms with E-state index in [-0.39, 0.29) is 19.1 Å². The molecule has 2 aromatic carbocycles. The van der Waals surface area contributed by atoms with E-state index in [0.29, 0.717) is 17.8 Å². The van der Waals surface area contributed by atoms with Crippen LogP contribution >= 0.6 is 11.3 Å². The highest BCUT2D eigenvalue weighted by molar-refractivity contribution is 7.18. The average molecular weight is 485 g/mol. The molecule has 0 radical (unpaired) electrons. The molecule has 0 aliphatic heterocycles. The third-order valence-electron chi connectivity index (χ3n) is 5.65. The third kappa shape index (κ3) is 4.91. The monoisotopic (exact) mass is 484 g/mol. The van der Waals surface area contributed by atoms with Gasteiger partial charge in [0.05, 0.1) is 18.2 Å². The minimum absolute atomic E-state index is 0.0867. The van der Waals surface area contributed by atoms with Crippen LogP contribution in [0.25, 0.3) is 21.1 Å². The summed E-state index contributed by atoms with van der Waals surface area (Å²) >= 11 is 1.59. The normalized spacial score (nSPS) is 11.5. The highest BCUT2D eigenvalue weighted by Crippen LogP contribution is 2.30. The van der Waals surface area contributed by atoms with E-state index in [0.717, 1.165) is 37.1 Å². The van der Waals surface area contributed by atoms with Gasteiger partial charge in [-0.05, 0) is 29.8 Å². The number of aromatic nitrogens is 3. The maximum absolute atomic E-state index is 12.2. The number of rotatable bonds is 8. The molecule has 0 saturated heterocycles. The highest BCUT2D eigenvalue weighted by Gasteiger charge is 2.11. The lowest BCUT2D eigenvalue weighted by Gasteiger charge is -2.05. The maximum Gasteiger partial charge on any atom is 0.251 e. The molecule has 5 aromatic rings. The van der Waals surface area contributed by atoms with Gasteiger partial charge in [-0.15, -0.1) is 11.3 Å². The van der Waals surface area contributed by atoms with E-state index < -0.39 is 0 Å². The van der Waals surface area contributed by atoms with Gasteiger partial charge in [-0.1, -0.05) is 30.3 Å². The fourth-order valence-corrected chi connectivity index (χ4v) is 5.05. The summed E-state index contributed by atoms with van der Waals surface area (Å²) in [5.74, 6) is 0.449. The number of carbonyl (C=O) groups is 1. The van der Waals surface area contributed by atoms with Crippen LogP contribution in [0.1, 0.15) is 26.4 Å². The average Bonchev–Trinajstić information content (AvgIpc) is 3.43. The van der Waals surface area contributed by atoms with Gasteiger partial charge in [0.1, 0.15) is 11.2 Å². The number of fused-ring (bicyclic) bond motifs is 2. The number of hydrogen-bond donors (Lipinski definition) is 3. The molecule has 0 atom stereocenters. The van der Waals surface area contributed by atoms with Crippen LogP contribution in [0.4, 0.5) is 5.82 Å². The van der Waals surface area contributed by atoms with Crippen LogP contribution in [0.15, 0.2) is 72.2 Å². The van der Waals surface area contributed by atoms with Gasteiger partial charge in [-0.2, -0.15) is 5.10 Å². The summed E-state index contributed by atoms with van der Waals surface area (Å²) in [7, 11) is 2.02. The number of aryl methyl sites for hydroxylation is 1. The van der Waals surface area contributed by atoms with Crippen LogP contribution in [0.3, 0.4) is 0 Å². The summed E-state index contributed by atoms with van der Waals surface area (Å²) < 4.78 is 2.08. The van der Waals surface area contributed by atoms with Crippen LogP contribution in [0.5, 0.6) is 0 Å². The number of hydrogen-bond acceptors (Lipinski definition) is 7. The summed E-state index contributed by atoms with van der Waals surface area (Å²) in [5.41, 5.74) is 6.83. The molecular formula is C26H24N6O2S. The smallest absolute Gasteiger partial charge is 0.251 e. The number of nitrogens with zero attached hydrogens (tertiary/aromatic N) is 4. The van der Waals surface area contributed by atoms with Gasteiger partial charge in [-0.3, -0.25) is 10.2 Å². The molecule has 1 amide bonds. The van der Waals surface area contributed by atoms with Crippen LogP contribution < -0.4 is 10.7 Å². The molecular weight excluding hydrogens is 460 g/mol. The molecule has 176 valence electrons. The molecule has 5 rings (SSSR count). The summed E-state index contributed by atoms with van der Waals surface area (Å²) in [6.07, 6.45) is 6.05. The Labute approximate surface area is 206 Å². The van der Waals surface area contributed by atoms with E-state index in [1.807, 2.05) is 43.6 Å². The topological polar surface area (TPSA) is 104 Å². The van der Waals surface area contributed by atoms with Crippen molar-refractivity contribution >= 4 is 50.4 Å². The molecule has 0 bridgehead atoms. The van der Waals surface area contributed by atoms with E-state index in [1.54, 1.807) is 23.6 Å². The van der Waals surface area contributed by atoms with E-state index >= 15 is 0 Å². The lowest BCUT2D eigenvalue weighted by Crippen LogP contribution is -2.26. The van der Waals surface area contributed by atoms with Gasteiger partial charge < -0.3 is 15.0 Å². The number of hydrazone groups is 1. The Kier molecular flexibility index (Phi) is 6.51. The number of thiophene rings is 1. The van der Waals surface area contributed by atoms with Gasteiger partial charge in [0.25, 0.3) is 5.91 Å². The van der Waals surface area contributed by atoms with Gasteiger partial charge in [0, 0.05) is 53.1 Å². The number of benzene rings is 2. The molecule has 3 N–H and O–H groups in total. The van der Waals surface area contributed by atoms with Gasteiger partial charge in [0.2, 0.25) is 0 Å². The van der Waals surface area contributed by atoms with Crippen molar-refractivity contribution in [2.75, 3.05) is 18.6 Å². The molecule has 0 aliphatic rings. The number of aliphatic hydroxyl groups excluding tert-OH is 1. The number of amides is 1. The Balaban J connectivity index is 1.34. The number of anilines is 1. The second-order valence-corrected chi connectivity index (χ2v) is 9.21. The number of aliphatic hydroxyl groups is 1. The maximum atomic E-state index is 12.2. The lowest BCUT2D eigenvalue weighted by molar-refractivity contribution is 0.0944. The molecule has 0 fully saturated rings. The van der Waals surface area contributed by atoms with Crippen LogP contribution in [-0.4, -0.2) is 44.9 Å². The molecule has 3 heterocycles. The first kappa shape index (κ1) is 22.7. The highest BCUT2D eigenvalue weighted by atomic mass is 32.1. The second kappa shape index (κ2) is 10.0. The molecule has 0 saturated carbocycles. The van der Waals surface area contributed by atoms with E-state index in [4.69, 9.17) is 5.11 Å². The first-order valence-electron chi connectivity index (χ1n) is 11.2. The Morgan fingerprint density at radius 2 is 2.03 bits per heavy atom. The Bertz CT molecular complexity index is 1540. The summed E-state index contributed by atoms with van der Waals surface area (Å²) in [4.78, 5) is 23.0. The van der Waals surface area contributed by atoms with Crippen molar-refractivity contribution < 1.29 is 9.90 Å². The molecule has 0 unspecified atom stereocenters. The van der Waals surface area contributed by atoms with Crippen molar-refractivity contribution in [1.29, 1.82) is 0 Å². The number of carbonyl (C=O) groups excluding carboxylic acids is 1. The molecule has 8 nitrogen and oxygen atoms in total. The largest absolute Gasteiger partial charge is 0.395 e. The summed E-state index contributed by atoms with van der Waals surface area (Å²) in [6.45, 7) is 0.146. The molecule has 35 heavy (non-hydrogen) atoms. The van der Waals surface area contributed by atoms with Gasteiger partial charge in [0.15, 0.2) is 5.82 Å². The number of para-hydroxylation sites is 1. The SMILES string of the molecule is Cn1cc(C=NNc2ncnc3sc(Cc4cccc(C(=O)NCCO)c4)cc23)c2ccccc21. The lowest BCUT2D eigenvalue weighted by atomic mass is 10.1. The minimum Gasteiger partial charge on any atom is -0.395 e. The van der Waals surface area contributed by atoms with Gasteiger partial charge >= 0.3 is 0 Å². The predicted octanol–water partition coefficient (Wildman–Crippen LogP) is 3.94. The molecule has 0 aliphatic carbocycles. The van der Waals surface area contributed by atoms with Crippen molar-refractivity contribution in [3.05, 3.63) is 88.7 Å². The van der Waals surface area contributed by atoms with Crippen molar-refractivity contribution in [1.82, 2.24) is 19.9 Å². The molecule has 9 heteroatoms. The standard InChI is InChI=1S/C26H24N6O2S/c1-32-15-19(21-7-2-3-8-23(21)32)14-30-31-24-22-13-20(35-26(22)29-16-28-24)12-17-5-4-6-18(11-17)25(34)27-9-10-33/h2-8,11,13-16,33H,9-10,12H2,1H3,(H,27,34)(H,28,29,31). The van der Waals surface area contributed by atoms with Gasteiger partial charge in [-0.25, -0.2) is 9.97 Å². The predicted molar refractivity (Wildman–Crippen MR) is 140 cm³/mol. The van der Waals surface area contributed by atoms with E-state index in [2.05, 4.69) is 48.6 Å². The number of nitrogens with one attached hydrogen (secondary N) is 2. The Morgan fingerprint density at radius 1 is 1.14 bits per heavy atom. The summed E-state index contributed by atoms with van der Waals surface area (Å²) in [6, 6.07) is 17.8. The zero-order valence-corrected chi connectivity index (χ0v) is 19.9. The van der Waals surface area contributed by atoms with Crippen molar-refractivity contribution in [3.63, 3.8) is 0 Å². The van der Waals surface area contributed by atoms with Crippen LogP contribution in [0, 0.1) is 0 Å². The van der Waals surface area contributed by atoms with E-state index in [1.165, 1.54) is 6.33 Å². The molecule has 0 spiro atoms. The summed E-state index contributed by atoms with van der Waals surface area (Å²) in [5, 5.41) is 18.1. The Morgan fingerprint density at radius 3 is 2.91 bits per heavy atom. The zero-order valence-electron chi connectivity index (χ0n) is 19.1. The fraction of sp³-hybridized carbons (Fsp3) is 0.154. The zero-order chi connectivity index (χ0) is 24.2. The van der Waals surface area contributed by atoms with Crippen molar-refractivity contribution in [2.24, 2.45) is 12.1 Å². The van der Waals surface area contributed by atoms with Crippen LogP contribution in [-0.2, 0) is 13.5 Å². The second-order valence-electron chi connectivity index (χ2n) is 8.09. The minimum atomic E-state index is -0.196. The van der Waals surface area contributed by atoms with E-state index in [9.17, 15) is 4.79 Å². The molecule has 3 aromatic heterocycles. The van der Waals surface area contributed by atoms with Crippen LogP contribution in [0.2, 0.25) is 0 Å². The quantitative estimate of drug-likeness (QED) is 0.229. The van der Waals surface area contributed by atoms with Crippen molar-refractivity contribution in [3.8, 4) is 0 Å². The third-order valence-corrected chi connectivity index (χ3v) is 6.69. The Hall–Kier alpha value is -4.08.